The second-order valence-corrected chi connectivity index (χ2v) is 4.08. The van der Waals surface area contributed by atoms with Crippen LogP contribution in [0.2, 0.25) is 0 Å². The fourth-order valence-corrected chi connectivity index (χ4v) is 2.14. The molecule has 1 heterocycles. The van der Waals surface area contributed by atoms with Gasteiger partial charge in [0.05, 0.1) is 11.5 Å². The molecular weight excluding hydrogens is 228 g/mol. The van der Waals surface area contributed by atoms with Crippen LogP contribution in [0.4, 0.5) is 0 Å². The first-order valence-electron chi connectivity index (χ1n) is 4.83. The van der Waals surface area contributed by atoms with Gasteiger partial charge >= 0.3 is 5.97 Å². The summed E-state index contributed by atoms with van der Waals surface area (Å²) in [7, 11) is 0. The van der Waals surface area contributed by atoms with Crippen molar-refractivity contribution in [1.29, 1.82) is 0 Å². The van der Waals surface area contributed by atoms with Gasteiger partial charge in [-0.3, -0.25) is 4.79 Å². The van der Waals surface area contributed by atoms with Crippen LogP contribution in [0.15, 0.2) is 23.1 Å². The molecular formula is C11H10O4S. The van der Waals surface area contributed by atoms with Crippen molar-refractivity contribution in [3.8, 4) is 5.75 Å². The molecule has 0 amide bonds. The van der Waals surface area contributed by atoms with Crippen molar-refractivity contribution in [2.45, 2.75) is 11.8 Å². The summed E-state index contributed by atoms with van der Waals surface area (Å²) in [4.78, 5) is 23.7. The molecule has 0 unspecified atom stereocenters. The summed E-state index contributed by atoms with van der Waals surface area (Å²) in [5.41, 5.74) is 0.343. The quantitative estimate of drug-likeness (QED) is 0.457. The largest absolute Gasteiger partial charge is 0.481 e. The highest BCUT2D eigenvalue weighted by Crippen LogP contribution is 2.36. The van der Waals surface area contributed by atoms with E-state index in [1.807, 2.05) is 0 Å². The van der Waals surface area contributed by atoms with E-state index in [0.717, 1.165) is 10.6 Å². The first kappa shape index (κ1) is 11.0. The highest BCUT2D eigenvalue weighted by atomic mass is 32.2. The zero-order chi connectivity index (χ0) is 11.5. The third-order valence-corrected chi connectivity index (χ3v) is 2.96. The van der Waals surface area contributed by atoms with Crippen LogP contribution in [-0.4, -0.2) is 24.3 Å². The fourth-order valence-electron chi connectivity index (χ4n) is 1.35. The van der Waals surface area contributed by atoms with Gasteiger partial charge in [0.2, 0.25) is 0 Å². The van der Waals surface area contributed by atoms with E-state index in [4.69, 9.17) is 4.74 Å². The van der Waals surface area contributed by atoms with Crippen molar-refractivity contribution in [2.75, 3.05) is 12.5 Å². The smallest absolute Gasteiger partial charge is 0.379 e. The Bertz CT molecular complexity index is 442. The van der Waals surface area contributed by atoms with E-state index in [2.05, 4.69) is 4.74 Å². The third kappa shape index (κ3) is 2.04. The molecule has 5 heteroatoms. The Labute approximate surface area is 96.9 Å². The van der Waals surface area contributed by atoms with Crippen LogP contribution in [0.1, 0.15) is 17.3 Å². The lowest BCUT2D eigenvalue weighted by molar-refractivity contribution is -0.137. The van der Waals surface area contributed by atoms with E-state index in [0.29, 0.717) is 11.5 Å². The summed E-state index contributed by atoms with van der Waals surface area (Å²) in [6.45, 7) is 1.87. The van der Waals surface area contributed by atoms with Crippen LogP contribution in [0.25, 0.3) is 0 Å². The van der Waals surface area contributed by atoms with Gasteiger partial charge in [-0.05, 0) is 25.1 Å². The lowest BCUT2D eigenvalue weighted by Crippen LogP contribution is -2.17. The molecule has 16 heavy (non-hydrogen) atoms. The van der Waals surface area contributed by atoms with Crippen molar-refractivity contribution in [1.82, 2.24) is 0 Å². The van der Waals surface area contributed by atoms with Crippen molar-refractivity contribution >= 4 is 23.5 Å². The van der Waals surface area contributed by atoms with Crippen LogP contribution >= 0.6 is 11.8 Å². The summed E-state index contributed by atoms with van der Waals surface area (Å²) in [6.07, 6.45) is 0. The van der Waals surface area contributed by atoms with Gasteiger partial charge in [-0.25, -0.2) is 4.79 Å². The number of hydrogen-bond donors (Lipinski definition) is 0. The summed E-state index contributed by atoms with van der Waals surface area (Å²) in [5, 5.41) is 0. The molecule has 0 saturated carbocycles. The maximum absolute atomic E-state index is 11.6. The molecule has 0 saturated heterocycles. The fraction of sp³-hybridized carbons (Fsp3) is 0.273. The number of esters is 1. The molecule has 0 N–H and O–H groups in total. The van der Waals surface area contributed by atoms with Gasteiger partial charge in [0.15, 0.2) is 0 Å². The van der Waals surface area contributed by atoms with Crippen molar-refractivity contribution in [3.05, 3.63) is 23.8 Å². The zero-order valence-electron chi connectivity index (χ0n) is 8.69. The number of carbonyl (C=O) groups excluding carboxylic acids is 2. The molecule has 0 radical (unpaired) electrons. The van der Waals surface area contributed by atoms with Gasteiger partial charge in [0.1, 0.15) is 11.7 Å². The van der Waals surface area contributed by atoms with Gasteiger partial charge in [0.25, 0.3) is 5.78 Å². The summed E-state index contributed by atoms with van der Waals surface area (Å²) < 4.78 is 9.93. The molecule has 1 aliphatic heterocycles. The van der Waals surface area contributed by atoms with E-state index in [-0.39, 0.29) is 6.61 Å². The van der Waals surface area contributed by atoms with Gasteiger partial charge in [-0.2, -0.15) is 0 Å². The van der Waals surface area contributed by atoms with Crippen LogP contribution in [-0.2, 0) is 9.53 Å². The van der Waals surface area contributed by atoms with Gasteiger partial charge < -0.3 is 9.47 Å². The molecule has 1 aliphatic rings. The predicted octanol–water partition coefficient (Wildman–Crippen LogP) is 1.87. The molecule has 1 aromatic carbocycles. The first-order valence-corrected chi connectivity index (χ1v) is 5.82. The van der Waals surface area contributed by atoms with Crippen molar-refractivity contribution in [2.24, 2.45) is 0 Å². The molecule has 84 valence electrons. The topological polar surface area (TPSA) is 52.6 Å². The molecule has 4 nitrogen and oxygen atoms in total. The lowest BCUT2D eigenvalue weighted by atomic mass is 10.1. The molecule has 0 aliphatic carbocycles. The number of rotatable bonds is 3. The lowest BCUT2D eigenvalue weighted by Gasteiger charge is -2.02. The number of ether oxygens (including phenoxy) is 2. The van der Waals surface area contributed by atoms with Gasteiger partial charge in [0, 0.05) is 5.56 Å². The minimum atomic E-state index is -0.814. The maximum Gasteiger partial charge on any atom is 0.379 e. The zero-order valence-corrected chi connectivity index (χ0v) is 9.50. The minimum Gasteiger partial charge on any atom is -0.481 e. The molecule has 0 fully saturated rings. The van der Waals surface area contributed by atoms with E-state index in [1.165, 1.54) is 11.8 Å². The molecule has 0 atom stereocenters. The van der Waals surface area contributed by atoms with Gasteiger partial charge in [-0.1, -0.05) is 11.8 Å². The Morgan fingerprint density at radius 1 is 1.50 bits per heavy atom. The molecule has 2 rings (SSSR count). The average molecular weight is 238 g/mol. The molecule has 1 aromatic rings. The van der Waals surface area contributed by atoms with Crippen molar-refractivity contribution in [3.63, 3.8) is 0 Å². The minimum absolute atomic E-state index is 0.202. The van der Waals surface area contributed by atoms with Crippen LogP contribution in [0, 0.1) is 0 Å². The van der Waals surface area contributed by atoms with E-state index in [1.54, 1.807) is 25.1 Å². The van der Waals surface area contributed by atoms with Crippen LogP contribution in [0.3, 0.4) is 0 Å². The number of ketones is 1. The van der Waals surface area contributed by atoms with Crippen molar-refractivity contribution < 1.29 is 19.1 Å². The second kappa shape index (κ2) is 4.57. The predicted molar refractivity (Wildman–Crippen MR) is 58.8 cm³/mol. The Kier molecular flexibility index (Phi) is 3.14. The van der Waals surface area contributed by atoms with E-state index < -0.39 is 11.8 Å². The number of thioether (sulfide) groups is 1. The monoisotopic (exact) mass is 238 g/mol. The number of fused-ring (bicyclic) bond motifs is 1. The van der Waals surface area contributed by atoms with Crippen LogP contribution < -0.4 is 4.74 Å². The molecule has 0 bridgehead atoms. The highest BCUT2D eigenvalue weighted by molar-refractivity contribution is 7.99. The van der Waals surface area contributed by atoms with Crippen LogP contribution in [0.5, 0.6) is 5.75 Å². The number of hydrogen-bond acceptors (Lipinski definition) is 5. The first-order chi connectivity index (χ1) is 7.72. The summed E-state index contributed by atoms with van der Waals surface area (Å²) in [6, 6.07) is 4.93. The SMILES string of the molecule is CCOC(=O)C(=O)c1ccc2c(c1)SCO2. The Hall–Kier alpha value is -1.49. The third-order valence-electron chi connectivity index (χ3n) is 2.10. The van der Waals surface area contributed by atoms with E-state index >= 15 is 0 Å². The Morgan fingerprint density at radius 2 is 2.31 bits per heavy atom. The average Bonchev–Trinajstić information content (AvgIpc) is 2.75. The normalized spacial score (nSPS) is 12.8. The molecule has 0 spiro atoms. The maximum atomic E-state index is 11.6. The molecule has 0 aromatic heterocycles. The standard InChI is InChI=1S/C11H10O4S/c1-2-14-11(13)10(12)7-3-4-8-9(5-7)16-6-15-8/h3-5H,2,6H2,1H3. The number of carbonyl (C=O) groups is 2. The second-order valence-electron chi connectivity index (χ2n) is 3.12. The van der Waals surface area contributed by atoms with Gasteiger partial charge in [-0.15, -0.1) is 0 Å². The Morgan fingerprint density at radius 3 is 3.06 bits per heavy atom. The Balaban J connectivity index is 2.21. The van der Waals surface area contributed by atoms with E-state index in [9.17, 15) is 9.59 Å². The summed E-state index contributed by atoms with van der Waals surface area (Å²) >= 11 is 1.50. The number of Topliss-reactive ketones (excluding diaryl/α,β-unsaturated/α-hetero) is 1. The number of benzene rings is 1. The highest BCUT2D eigenvalue weighted by Gasteiger charge is 2.20. The summed E-state index contributed by atoms with van der Waals surface area (Å²) in [5.74, 6) is -0.124.